The molecule has 0 heterocycles. The molecule has 0 unspecified atom stereocenters. The van der Waals surface area contributed by atoms with Gasteiger partial charge in [-0.3, -0.25) is 0 Å². The molecule has 19 heavy (non-hydrogen) atoms. The summed E-state index contributed by atoms with van der Waals surface area (Å²) < 4.78 is 25.1. The summed E-state index contributed by atoms with van der Waals surface area (Å²) in [5.41, 5.74) is -0.529. The molecule has 1 rings (SSSR count). The number of hydrogen-bond donors (Lipinski definition) is 3. The lowest BCUT2D eigenvalue weighted by Crippen LogP contribution is -2.52. The first-order chi connectivity index (χ1) is 8.68. The molecule has 6 heteroatoms. The van der Waals surface area contributed by atoms with Crippen molar-refractivity contribution in [3.05, 3.63) is 0 Å². The number of nitrogens with one attached hydrogen (secondary N) is 2. The number of sulfonamides is 1. The van der Waals surface area contributed by atoms with E-state index in [-0.39, 0.29) is 12.0 Å². The third kappa shape index (κ3) is 6.21. The monoisotopic (exact) mass is 292 g/mol. The van der Waals surface area contributed by atoms with Gasteiger partial charge in [0.15, 0.2) is 0 Å². The molecular formula is C13H28N2O3S. The van der Waals surface area contributed by atoms with Crippen molar-refractivity contribution < 1.29 is 13.5 Å². The average molecular weight is 292 g/mol. The summed E-state index contributed by atoms with van der Waals surface area (Å²) in [5.74, 6) is 0. The van der Waals surface area contributed by atoms with Crippen LogP contribution in [0.3, 0.4) is 0 Å². The van der Waals surface area contributed by atoms with Crippen molar-refractivity contribution in [2.24, 2.45) is 5.41 Å². The lowest BCUT2D eigenvalue weighted by molar-refractivity contribution is 0.0800. The van der Waals surface area contributed by atoms with Gasteiger partial charge in [0.2, 0.25) is 10.0 Å². The molecule has 0 aromatic rings. The topological polar surface area (TPSA) is 78.4 Å². The second-order valence-electron chi connectivity index (χ2n) is 6.58. The van der Waals surface area contributed by atoms with Gasteiger partial charge in [-0.25, -0.2) is 13.1 Å². The van der Waals surface area contributed by atoms with E-state index >= 15 is 0 Å². The van der Waals surface area contributed by atoms with Crippen molar-refractivity contribution in [3.63, 3.8) is 0 Å². The maximum Gasteiger partial charge on any atom is 0.209 e. The van der Waals surface area contributed by atoms with Gasteiger partial charge in [-0.1, -0.05) is 19.3 Å². The Bertz CT molecular complexity index is 373. The van der Waals surface area contributed by atoms with Gasteiger partial charge in [-0.2, -0.15) is 0 Å². The van der Waals surface area contributed by atoms with Crippen molar-refractivity contribution in [3.8, 4) is 0 Å². The molecule has 114 valence electrons. The highest BCUT2D eigenvalue weighted by Crippen LogP contribution is 2.35. The van der Waals surface area contributed by atoms with Gasteiger partial charge in [0, 0.05) is 30.7 Å². The van der Waals surface area contributed by atoms with Crippen LogP contribution in [-0.2, 0) is 10.0 Å². The van der Waals surface area contributed by atoms with Crippen LogP contribution >= 0.6 is 0 Å². The van der Waals surface area contributed by atoms with Gasteiger partial charge in [-0.15, -0.1) is 0 Å². The molecule has 5 nitrogen and oxygen atoms in total. The Balaban J connectivity index is 2.43. The average Bonchev–Trinajstić information content (AvgIpc) is 2.26. The van der Waals surface area contributed by atoms with Crippen LogP contribution in [0.15, 0.2) is 0 Å². The van der Waals surface area contributed by atoms with Crippen LogP contribution in [0.1, 0.15) is 46.0 Å². The second-order valence-corrected chi connectivity index (χ2v) is 8.33. The van der Waals surface area contributed by atoms with Crippen LogP contribution in [0.25, 0.3) is 0 Å². The highest BCUT2D eigenvalue weighted by atomic mass is 32.2. The second kappa shape index (κ2) is 6.52. The molecular weight excluding hydrogens is 264 g/mol. The van der Waals surface area contributed by atoms with Gasteiger partial charge in [0.1, 0.15) is 0 Å². The molecule has 0 spiro atoms. The fourth-order valence-corrected chi connectivity index (χ4v) is 3.95. The van der Waals surface area contributed by atoms with E-state index in [0.29, 0.717) is 6.54 Å². The van der Waals surface area contributed by atoms with Gasteiger partial charge < -0.3 is 10.4 Å². The molecule has 3 N–H and O–H groups in total. The minimum atomic E-state index is -3.20. The molecule has 1 aliphatic carbocycles. The Morgan fingerprint density at radius 3 is 2.26 bits per heavy atom. The van der Waals surface area contributed by atoms with E-state index in [1.54, 1.807) is 0 Å². The molecule has 0 aromatic carbocycles. The first-order valence-electron chi connectivity index (χ1n) is 6.99. The van der Waals surface area contributed by atoms with Crippen LogP contribution in [-0.4, -0.2) is 45.0 Å². The molecule has 0 aromatic heterocycles. The van der Waals surface area contributed by atoms with Gasteiger partial charge in [0.25, 0.3) is 0 Å². The quantitative estimate of drug-likeness (QED) is 0.650. The fraction of sp³-hybridized carbons (Fsp3) is 1.00. The maximum atomic E-state index is 11.3. The van der Waals surface area contributed by atoms with Crippen molar-refractivity contribution in [2.45, 2.75) is 51.5 Å². The molecule has 0 saturated heterocycles. The van der Waals surface area contributed by atoms with E-state index in [4.69, 9.17) is 0 Å². The van der Waals surface area contributed by atoms with Crippen molar-refractivity contribution in [1.29, 1.82) is 0 Å². The minimum absolute atomic E-state index is 0.0145. The minimum Gasteiger partial charge on any atom is -0.396 e. The fourth-order valence-electron chi connectivity index (χ4n) is 2.87. The summed E-state index contributed by atoms with van der Waals surface area (Å²) in [6, 6.07) is 0. The lowest BCUT2D eigenvalue weighted by Gasteiger charge is -2.37. The maximum absolute atomic E-state index is 11.3. The standard InChI is InChI=1S/C13H28N2O3S/c1-12(2,15-19(3,17)18)9-14-10-13(11-16)7-5-4-6-8-13/h14-16H,4-11H2,1-3H3. The predicted octanol–water partition coefficient (Wildman–Crippen LogP) is 0.847. The Labute approximate surface area is 117 Å². The molecule has 1 fully saturated rings. The summed E-state index contributed by atoms with van der Waals surface area (Å²) in [7, 11) is -3.20. The van der Waals surface area contributed by atoms with E-state index in [2.05, 4.69) is 10.0 Å². The number of aliphatic hydroxyl groups is 1. The van der Waals surface area contributed by atoms with E-state index in [0.717, 1.165) is 19.4 Å². The van der Waals surface area contributed by atoms with E-state index < -0.39 is 15.6 Å². The van der Waals surface area contributed by atoms with Crippen LogP contribution in [0.4, 0.5) is 0 Å². The van der Waals surface area contributed by atoms with Crippen LogP contribution in [0, 0.1) is 5.41 Å². The molecule has 1 saturated carbocycles. The Morgan fingerprint density at radius 1 is 1.21 bits per heavy atom. The van der Waals surface area contributed by atoms with E-state index in [9.17, 15) is 13.5 Å². The summed E-state index contributed by atoms with van der Waals surface area (Å²) in [5, 5.41) is 12.9. The molecule has 0 radical (unpaired) electrons. The summed E-state index contributed by atoms with van der Waals surface area (Å²) in [6.07, 6.45) is 6.88. The van der Waals surface area contributed by atoms with E-state index in [1.807, 2.05) is 13.8 Å². The predicted molar refractivity (Wildman–Crippen MR) is 77.5 cm³/mol. The Kier molecular flexibility index (Phi) is 5.79. The smallest absolute Gasteiger partial charge is 0.209 e. The molecule has 0 atom stereocenters. The highest BCUT2D eigenvalue weighted by Gasteiger charge is 2.32. The number of aliphatic hydroxyl groups excluding tert-OH is 1. The zero-order valence-electron chi connectivity index (χ0n) is 12.3. The summed E-state index contributed by atoms with van der Waals surface area (Å²) >= 11 is 0. The molecule has 0 bridgehead atoms. The summed E-state index contributed by atoms with van der Waals surface area (Å²) in [4.78, 5) is 0. The van der Waals surface area contributed by atoms with Crippen molar-refractivity contribution >= 4 is 10.0 Å². The Hall–Kier alpha value is -0.170. The largest absolute Gasteiger partial charge is 0.396 e. The molecule has 0 amide bonds. The molecule has 0 aliphatic heterocycles. The Morgan fingerprint density at radius 2 is 1.79 bits per heavy atom. The highest BCUT2D eigenvalue weighted by molar-refractivity contribution is 7.88. The number of rotatable bonds is 7. The van der Waals surface area contributed by atoms with Crippen LogP contribution in [0.2, 0.25) is 0 Å². The first kappa shape index (κ1) is 16.9. The third-order valence-corrected chi connectivity index (χ3v) is 4.70. The number of hydrogen-bond acceptors (Lipinski definition) is 4. The summed E-state index contributed by atoms with van der Waals surface area (Å²) in [6.45, 7) is 5.22. The zero-order valence-corrected chi connectivity index (χ0v) is 13.1. The normalized spacial score (nSPS) is 20.4. The van der Waals surface area contributed by atoms with E-state index in [1.165, 1.54) is 25.5 Å². The van der Waals surface area contributed by atoms with Crippen molar-refractivity contribution in [1.82, 2.24) is 10.0 Å². The first-order valence-corrected chi connectivity index (χ1v) is 8.88. The lowest BCUT2D eigenvalue weighted by atomic mass is 9.74. The van der Waals surface area contributed by atoms with Gasteiger partial charge >= 0.3 is 0 Å². The van der Waals surface area contributed by atoms with Crippen LogP contribution in [0.5, 0.6) is 0 Å². The van der Waals surface area contributed by atoms with Gasteiger partial charge in [0.05, 0.1) is 6.26 Å². The molecule has 1 aliphatic rings. The third-order valence-electron chi connectivity index (χ3n) is 3.78. The van der Waals surface area contributed by atoms with Crippen molar-refractivity contribution in [2.75, 3.05) is 26.0 Å². The van der Waals surface area contributed by atoms with Crippen LogP contribution < -0.4 is 10.0 Å². The van der Waals surface area contributed by atoms with Gasteiger partial charge in [-0.05, 0) is 26.7 Å². The SMILES string of the molecule is CC(C)(CNCC1(CO)CCCCC1)NS(C)(=O)=O. The zero-order chi connectivity index (χ0) is 14.6.